The first-order valence-electron chi connectivity index (χ1n) is 8.08. The van der Waals surface area contributed by atoms with Gasteiger partial charge in [0.25, 0.3) is 5.56 Å². The second-order valence-corrected chi connectivity index (χ2v) is 5.97. The molecule has 0 saturated carbocycles. The maximum atomic E-state index is 12.2. The average molecular weight is 384 g/mol. The van der Waals surface area contributed by atoms with Gasteiger partial charge in [0.1, 0.15) is 0 Å². The van der Waals surface area contributed by atoms with E-state index in [0.717, 1.165) is 37.6 Å². The van der Waals surface area contributed by atoms with Gasteiger partial charge in [-0.25, -0.2) is 4.79 Å². The van der Waals surface area contributed by atoms with Gasteiger partial charge in [-0.15, -0.1) is 0 Å². The summed E-state index contributed by atoms with van der Waals surface area (Å²) in [4.78, 5) is 60.1. The van der Waals surface area contributed by atoms with E-state index < -0.39 is 59.8 Å². The van der Waals surface area contributed by atoms with Crippen molar-refractivity contribution in [1.82, 2.24) is 9.55 Å². The fraction of sp³-hybridized carbons (Fsp3) is 0.562. The number of rotatable bonds is 4. The lowest BCUT2D eigenvalue weighted by molar-refractivity contribution is -0.260. The smallest absolute Gasteiger partial charge is 0.330 e. The summed E-state index contributed by atoms with van der Waals surface area (Å²) < 4.78 is 22.4. The molecule has 11 nitrogen and oxygen atoms in total. The minimum Gasteiger partial charge on any atom is -0.456 e. The van der Waals surface area contributed by atoms with Crippen molar-refractivity contribution >= 4 is 17.9 Å². The highest BCUT2D eigenvalue weighted by atomic mass is 16.7. The molecule has 1 aromatic heterocycles. The van der Waals surface area contributed by atoms with Crippen molar-refractivity contribution in [3.8, 4) is 0 Å². The van der Waals surface area contributed by atoms with Gasteiger partial charge in [-0.05, 0) is 6.92 Å². The predicted octanol–water partition coefficient (Wildman–Crippen LogP) is -0.751. The van der Waals surface area contributed by atoms with E-state index in [4.69, 9.17) is 18.9 Å². The second-order valence-electron chi connectivity index (χ2n) is 5.97. The zero-order valence-electron chi connectivity index (χ0n) is 15.2. The first-order chi connectivity index (χ1) is 12.6. The minimum atomic E-state index is -1.31. The molecule has 148 valence electrons. The summed E-state index contributed by atoms with van der Waals surface area (Å²) >= 11 is 0. The van der Waals surface area contributed by atoms with Crippen LogP contribution in [0.15, 0.2) is 21.9 Å². The number of aromatic amines is 1. The Bertz CT molecular complexity index is 843. The van der Waals surface area contributed by atoms with Crippen LogP contribution in [0, 0.1) is 0 Å². The topological polar surface area (TPSA) is 143 Å². The number of nitrogens with zero attached hydrogens (tertiary/aromatic N) is 1. The molecule has 5 atom stereocenters. The van der Waals surface area contributed by atoms with Crippen molar-refractivity contribution in [2.45, 2.75) is 58.3 Å². The van der Waals surface area contributed by atoms with Crippen LogP contribution in [-0.4, -0.2) is 51.9 Å². The summed E-state index contributed by atoms with van der Waals surface area (Å²) in [6.45, 7) is 4.96. The van der Waals surface area contributed by atoms with E-state index in [0.29, 0.717) is 0 Å². The minimum absolute atomic E-state index is 0.626. The number of carbonyl (C=O) groups excluding carboxylic acids is 3. The molecule has 0 unspecified atom stereocenters. The molecule has 0 radical (unpaired) electrons. The van der Waals surface area contributed by atoms with Crippen molar-refractivity contribution < 1.29 is 33.3 Å². The van der Waals surface area contributed by atoms with E-state index in [2.05, 4.69) is 4.98 Å². The number of esters is 3. The fourth-order valence-electron chi connectivity index (χ4n) is 2.84. The van der Waals surface area contributed by atoms with Crippen molar-refractivity contribution in [2.75, 3.05) is 0 Å². The molecule has 0 aliphatic carbocycles. The monoisotopic (exact) mass is 384 g/mol. The predicted molar refractivity (Wildman–Crippen MR) is 87.6 cm³/mol. The van der Waals surface area contributed by atoms with E-state index in [1.807, 2.05) is 0 Å². The van der Waals surface area contributed by atoms with E-state index in [1.54, 1.807) is 0 Å². The van der Waals surface area contributed by atoms with Crippen LogP contribution in [0.3, 0.4) is 0 Å². The maximum absolute atomic E-state index is 12.2. The molecule has 2 heterocycles. The lowest BCUT2D eigenvalue weighted by Gasteiger charge is -2.43. The third-order valence-corrected chi connectivity index (χ3v) is 3.78. The molecule has 2 rings (SSSR count). The van der Waals surface area contributed by atoms with Gasteiger partial charge in [0.15, 0.2) is 24.5 Å². The Morgan fingerprint density at radius 1 is 0.963 bits per heavy atom. The first kappa shape index (κ1) is 20.4. The Kier molecular flexibility index (Phi) is 6.16. The standard InChI is InChI=1S/C16H20N2O9/c1-7-12(25-8(2)19)13(26-9(3)20)14(27-10(4)21)15(24-7)18-6-5-11(22)17-16(18)23/h5-7,12-15H,1-4H3,(H,17,22,23)/t7-,12-,13+,14+,15+/m0/s1. The van der Waals surface area contributed by atoms with E-state index in [-0.39, 0.29) is 0 Å². The maximum Gasteiger partial charge on any atom is 0.330 e. The normalized spacial score (nSPS) is 27.5. The lowest BCUT2D eigenvalue weighted by Crippen LogP contribution is -2.59. The SMILES string of the molecule is CC(=O)O[C@@H]1[C@@H](OC(C)=O)[C@H](C)O[C@@H](n2ccc(=O)[nH]c2=O)[C@@H]1OC(C)=O. The molecular formula is C16H20N2O9. The Morgan fingerprint density at radius 3 is 2.00 bits per heavy atom. The van der Waals surface area contributed by atoms with Gasteiger partial charge in [-0.2, -0.15) is 0 Å². The first-order valence-corrected chi connectivity index (χ1v) is 8.08. The molecule has 1 aliphatic rings. The molecule has 1 aromatic rings. The number of aromatic nitrogens is 2. The van der Waals surface area contributed by atoms with Crippen LogP contribution in [0.4, 0.5) is 0 Å². The van der Waals surface area contributed by atoms with Crippen LogP contribution >= 0.6 is 0 Å². The van der Waals surface area contributed by atoms with Crippen molar-refractivity contribution in [3.05, 3.63) is 33.1 Å². The van der Waals surface area contributed by atoms with Gasteiger partial charge in [-0.3, -0.25) is 28.7 Å². The van der Waals surface area contributed by atoms with Crippen LogP contribution in [0.25, 0.3) is 0 Å². The van der Waals surface area contributed by atoms with Crippen LogP contribution in [0.2, 0.25) is 0 Å². The molecule has 0 bridgehead atoms. The quantitative estimate of drug-likeness (QED) is 0.524. The number of hydrogen-bond donors (Lipinski definition) is 1. The van der Waals surface area contributed by atoms with Crippen molar-refractivity contribution in [1.29, 1.82) is 0 Å². The summed E-state index contributed by atoms with van der Waals surface area (Å²) in [6, 6.07) is 1.08. The third-order valence-electron chi connectivity index (χ3n) is 3.78. The Morgan fingerprint density at radius 2 is 1.48 bits per heavy atom. The average Bonchev–Trinajstić information content (AvgIpc) is 2.52. The molecule has 1 fully saturated rings. The molecule has 0 aromatic carbocycles. The van der Waals surface area contributed by atoms with Crippen LogP contribution in [0.5, 0.6) is 0 Å². The summed E-state index contributed by atoms with van der Waals surface area (Å²) in [5.41, 5.74) is -1.44. The summed E-state index contributed by atoms with van der Waals surface area (Å²) in [5.74, 6) is -2.11. The number of H-pyrrole nitrogens is 1. The van der Waals surface area contributed by atoms with Crippen molar-refractivity contribution in [3.63, 3.8) is 0 Å². The Labute approximate surface area is 153 Å². The number of nitrogens with one attached hydrogen (secondary N) is 1. The number of carbonyl (C=O) groups is 3. The Hall–Kier alpha value is -2.95. The molecule has 0 amide bonds. The van der Waals surface area contributed by atoms with E-state index in [1.165, 1.54) is 6.92 Å². The van der Waals surface area contributed by atoms with Crippen LogP contribution in [0.1, 0.15) is 33.9 Å². The van der Waals surface area contributed by atoms with Crippen molar-refractivity contribution in [2.24, 2.45) is 0 Å². The molecule has 0 spiro atoms. The largest absolute Gasteiger partial charge is 0.456 e. The molecular weight excluding hydrogens is 364 g/mol. The lowest BCUT2D eigenvalue weighted by atomic mass is 9.97. The van der Waals surface area contributed by atoms with Gasteiger partial charge in [0.2, 0.25) is 0 Å². The Balaban J connectivity index is 2.53. The van der Waals surface area contributed by atoms with Gasteiger partial charge >= 0.3 is 23.6 Å². The summed E-state index contributed by atoms with van der Waals surface area (Å²) in [6.07, 6.45) is -4.52. The number of hydrogen-bond acceptors (Lipinski definition) is 9. The fourth-order valence-corrected chi connectivity index (χ4v) is 2.84. The van der Waals surface area contributed by atoms with Gasteiger partial charge in [-0.1, -0.05) is 0 Å². The second kappa shape index (κ2) is 8.16. The highest BCUT2D eigenvalue weighted by Crippen LogP contribution is 2.33. The highest BCUT2D eigenvalue weighted by molar-refractivity contribution is 5.68. The van der Waals surface area contributed by atoms with Gasteiger partial charge < -0.3 is 18.9 Å². The summed E-state index contributed by atoms with van der Waals surface area (Å²) in [7, 11) is 0. The number of ether oxygens (including phenoxy) is 4. The summed E-state index contributed by atoms with van der Waals surface area (Å²) in [5, 5.41) is 0. The molecule has 1 saturated heterocycles. The van der Waals surface area contributed by atoms with E-state index >= 15 is 0 Å². The molecule has 11 heteroatoms. The van der Waals surface area contributed by atoms with E-state index in [9.17, 15) is 24.0 Å². The van der Waals surface area contributed by atoms with Gasteiger partial charge in [0, 0.05) is 33.0 Å². The zero-order valence-corrected chi connectivity index (χ0v) is 15.2. The van der Waals surface area contributed by atoms with Gasteiger partial charge in [0.05, 0.1) is 6.10 Å². The van der Waals surface area contributed by atoms with Crippen LogP contribution < -0.4 is 11.2 Å². The third kappa shape index (κ3) is 4.82. The van der Waals surface area contributed by atoms with Crippen LogP contribution in [-0.2, 0) is 33.3 Å². The molecule has 1 N–H and O–H groups in total. The highest BCUT2D eigenvalue weighted by Gasteiger charge is 2.51. The zero-order chi connectivity index (χ0) is 20.3. The molecule has 1 aliphatic heterocycles. The molecule has 27 heavy (non-hydrogen) atoms.